The molecule has 1 aromatic heterocycles. The predicted molar refractivity (Wildman–Crippen MR) is 74.8 cm³/mol. The van der Waals surface area contributed by atoms with E-state index < -0.39 is 0 Å². The van der Waals surface area contributed by atoms with Crippen LogP contribution in [0.1, 0.15) is 38.4 Å². The van der Waals surface area contributed by atoms with Gasteiger partial charge in [-0.15, -0.1) is 0 Å². The summed E-state index contributed by atoms with van der Waals surface area (Å²) in [5, 5.41) is 7.46. The molecule has 0 unspecified atom stereocenters. The van der Waals surface area contributed by atoms with Gasteiger partial charge in [-0.2, -0.15) is 4.98 Å². The van der Waals surface area contributed by atoms with Crippen LogP contribution in [0.2, 0.25) is 0 Å². The summed E-state index contributed by atoms with van der Waals surface area (Å²) in [6.45, 7) is 8.53. The molecule has 108 valence electrons. The van der Waals surface area contributed by atoms with Gasteiger partial charge in [-0.25, -0.2) is 0 Å². The maximum Gasteiger partial charge on any atom is 0.226 e. The molecule has 0 aromatic carbocycles. The average molecular weight is 266 g/mol. The molecule has 1 N–H and O–H groups in total. The van der Waals surface area contributed by atoms with Gasteiger partial charge in [0.25, 0.3) is 0 Å². The topological polar surface area (TPSA) is 54.2 Å². The first-order chi connectivity index (χ1) is 9.13. The summed E-state index contributed by atoms with van der Waals surface area (Å²) >= 11 is 0. The van der Waals surface area contributed by atoms with Gasteiger partial charge < -0.3 is 9.84 Å². The zero-order valence-corrected chi connectivity index (χ0v) is 12.4. The normalized spacial score (nSPS) is 17.5. The Labute approximate surface area is 115 Å². The Balaban J connectivity index is 1.77. The van der Waals surface area contributed by atoms with Crippen molar-refractivity contribution < 1.29 is 4.52 Å². The predicted octanol–water partition coefficient (Wildman–Crippen LogP) is 1.70. The van der Waals surface area contributed by atoms with Crippen LogP contribution in [-0.2, 0) is 13.0 Å². The summed E-state index contributed by atoms with van der Waals surface area (Å²) in [5.74, 6) is 2.93. The Hall–Kier alpha value is -0.940. The molecule has 1 aromatic rings. The van der Waals surface area contributed by atoms with Crippen LogP contribution in [0, 0.1) is 11.8 Å². The van der Waals surface area contributed by atoms with E-state index in [1.165, 1.54) is 12.8 Å². The van der Waals surface area contributed by atoms with Crippen molar-refractivity contribution >= 4 is 0 Å². The van der Waals surface area contributed by atoms with E-state index >= 15 is 0 Å². The van der Waals surface area contributed by atoms with Crippen LogP contribution >= 0.6 is 0 Å². The third kappa shape index (κ3) is 4.91. The number of rotatable bonds is 6. The molecule has 2 rings (SSSR count). The molecule has 5 heteroatoms. The van der Waals surface area contributed by atoms with Gasteiger partial charge in [-0.05, 0) is 44.8 Å². The highest BCUT2D eigenvalue weighted by molar-refractivity contribution is 4.87. The summed E-state index contributed by atoms with van der Waals surface area (Å²) in [6, 6.07) is 0. The van der Waals surface area contributed by atoms with Crippen LogP contribution in [0.4, 0.5) is 0 Å². The molecular formula is C14H26N4O. The van der Waals surface area contributed by atoms with E-state index in [4.69, 9.17) is 4.52 Å². The van der Waals surface area contributed by atoms with Crippen molar-refractivity contribution in [2.75, 3.05) is 26.7 Å². The quantitative estimate of drug-likeness (QED) is 0.849. The molecule has 1 saturated heterocycles. The van der Waals surface area contributed by atoms with Gasteiger partial charge in [0, 0.05) is 13.0 Å². The molecule has 1 aliphatic heterocycles. The largest absolute Gasteiger partial charge is 0.339 e. The Morgan fingerprint density at radius 1 is 1.37 bits per heavy atom. The molecule has 2 heterocycles. The molecule has 1 aliphatic rings. The van der Waals surface area contributed by atoms with Crippen molar-refractivity contribution in [2.24, 2.45) is 11.8 Å². The van der Waals surface area contributed by atoms with Crippen LogP contribution in [0.3, 0.4) is 0 Å². The maximum absolute atomic E-state index is 5.27. The molecule has 0 radical (unpaired) electrons. The zero-order chi connectivity index (χ0) is 13.7. The van der Waals surface area contributed by atoms with Gasteiger partial charge in [0.05, 0.1) is 6.54 Å². The lowest BCUT2D eigenvalue weighted by atomic mass is 9.98. The number of nitrogens with one attached hydrogen (secondary N) is 1. The van der Waals surface area contributed by atoms with Gasteiger partial charge in [-0.1, -0.05) is 19.0 Å². The fourth-order valence-electron chi connectivity index (χ4n) is 2.60. The SMILES string of the molecule is CC(C)Cc1nc(CN(C)CC2CCNCC2)no1. The molecule has 0 amide bonds. The number of hydrogen-bond acceptors (Lipinski definition) is 5. The molecule has 0 bridgehead atoms. The third-order valence-corrected chi connectivity index (χ3v) is 3.53. The monoisotopic (exact) mass is 266 g/mol. The zero-order valence-electron chi connectivity index (χ0n) is 12.4. The van der Waals surface area contributed by atoms with Crippen molar-refractivity contribution in [1.82, 2.24) is 20.4 Å². The summed E-state index contributed by atoms with van der Waals surface area (Å²) in [7, 11) is 2.14. The van der Waals surface area contributed by atoms with Crippen molar-refractivity contribution in [3.05, 3.63) is 11.7 Å². The van der Waals surface area contributed by atoms with Crippen molar-refractivity contribution in [3.8, 4) is 0 Å². The first kappa shape index (κ1) is 14.5. The van der Waals surface area contributed by atoms with E-state index in [9.17, 15) is 0 Å². The van der Waals surface area contributed by atoms with Crippen LogP contribution < -0.4 is 5.32 Å². The minimum atomic E-state index is 0.556. The molecule has 0 atom stereocenters. The molecule has 0 aliphatic carbocycles. The molecule has 19 heavy (non-hydrogen) atoms. The van der Waals surface area contributed by atoms with E-state index in [1.54, 1.807) is 0 Å². The van der Waals surface area contributed by atoms with E-state index in [1.807, 2.05) is 0 Å². The first-order valence-corrected chi connectivity index (χ1v) is 7.34. The molecule has 1 fully saturated rings. The number of aromatic nitrogens is 2. The van der Waals surface area contributed by atoms with Crippen LogP contribution in [0.15, 0.2) is 4.52 Å². The van der Waals surface area contributed by atoms with E-state index in [0.717, 1.165) is 50.2 Å². The Morgan fingerprint density at radius 3 is 2.79 bits per heavy atom. The second kappa shape index (κ2) is 7.01. The Kier molecular flexibility index (Phi) is 5.34. The van der Waals surface area contributed by atoms with E-state index in [0.29, 0.717) is 5.92 Å². The standard InChI is InChI=1S/C14H26N4O/c1-11(2)8-14-16-13(17-19-14)10-18(3)9-12-4-6-15-7-5-12/h11-12,15H,4-10H2,1-3H3. The lowest BCUT2D eigenvalue weighted by Crippen LogP contribution is -2.34. The van der Waals surface area contributed by atoms with Crippen molar-refractivity contribution in [3.63, 3.8) is 0 Å². The fourth-order valence-corrected chi connectivity index (χ4v) is 2.60. The van der Waals surface area contributed by atoms with Gasteiger partial charge in [0.2, 0.25) is 5.89 Å². The smallest absolute Gasteiger partial charge is 0.226 e. The van der Waals surface area contributed by atoms with Crippen molar-refractivity contribution in [2.45, 2.75) is 39.7 Å². The summed E-state index contributed by atoms with van der Waals surface area (Å²) in [6.07, 6.45) is 3.41. The first-order valence-electron chi connectivity index (χ1n) is 7.34. The summed E-state index contributed by atoms with van der Waals surface area (Å²) in [5.41, 5.74) is 0. The van der Waals surface area contributed by atoms with Gasteiger partial charge >= 0.3 is 0 Å². The average Bonchev–Trinajstić information content (AvgIpc) is 2.76. The van der Waals surface area contributed by atoms with Crippen LogP contribution in [0.5, 0.6) is 0 Å². The van der Waals surface area contributed by atoms with Crippen LogP contribution in [0.25, 0.3) is 0 Å². The second-order valence-electron chi connectivity index (χ2n) is 6.09. The number of nitrogens with zero attached hydrogens (tertiary/aromatic N) is 3. The highest BCUT2D eigenvalue weighted by Crippen LogP contribution is 2.14. The van der Waals surface area contributed by atoms with Gasteiger partial charge in [0.1, 0.15) is 0 Å². The minimum absolute atomic E-state index is 0.556. The Morgan fingerprint density at radius 2 is 2.11 bits per heavy atom. The molecule has 5 nitrogen and oxygen atoms in total. The second-order valence-corrected chi connectivity index (χ2v) is 6.09. The van der Waals surface area contributed by atoms with Gasteiger partial charge in [0.15, 0.2) is 5.82 Å². The third-order valence-electron chi connectivity index (χ3n) is 3.53. The molecule has 0 spiro atoms. The summed E-state index contributed by atoms with van der Waals surface area (Å²) < 4.78 is 5.27. The lowest BCUT2D eigenvalue weighted by molar-refractivity contribution is 0.228. The summed E-state index contributed by atoms with van der Waals surface area (Å²) in [4.78, 5) is 6.76. The maximum atomic E-state index is 5.27. The molecule has 0 saturated carbocycles. The molecular weight excluding hydrogens is 240 g/mol. The highest BCUT2D eigenvalue weighted by atomic mass is 16.5. The van der Waals surface area contributed by atoms with E-state index in [-0.39, 0.29) is 0 Å². The highest BCUT2D eigenvalue weighted by Gasteiger charge is 2.16. The lowest BCUT2D eigenvalue weighted by Gasteiger charge is -2.26. The fraction of sp³-hybridized carbons (Fsp3) is 0.857. The van der Waals surface area contributed by atoms with E-state index in [2.05, 4.69) is 41.3 Å². The van der Waals surface area contributed by atoms with Gasteiger partial charge in [-0.3, -0.25) is 4.90 Å². The number of piperidine rings is 1. The number of hydrogen-bond donors (Lipinski definition) is 1. The Bertz CT molecular complexity index is 371. The minimum Gasteiger partial charge on any atom is -0.339 e. The van der Waals surface area contributed by atoms with Crippen molar-refractivity contribution in [1.29, 1.82) is 0 Å². The van der Waals surface area contributed by atoms with Crippen LogP contribution in [-0.4, -0.2) is 41.7 Å².